The fraction of sp³-hybridized carbons (Fsp3) is 0.650. The van der Waals surface area contributed by atoms with Crippen molar-refractivity contribution in [3.63, 3.8) is 0 Å². The average molecular weight is 505 g/mol. The van der Waals surface area contributed by atoms with Crippen molar-refractivity contribution in [2.75, 3.05) is 32.6 Å². The van der Waals surface area contributed by atoms with E-state index in [4.69, 9.17) is 9.47 Å². The molecule has 7 heteroatoms. The predicted octanol–water partition coefficient (Wildman–Crippen LogP) is 3.56. The maximum Gasteiger partial charge on any atom is 0.191 e. The molecule has 2 saturated heterocycles. The van der Waals surface area contributed by atoms with E-state index in [1.807, 2.05) is 7.05 Å². The normalized spacial score (nSPS) is 20.9. The van der Waals surface area contributed by atoms with E-state index < -0.39 is 0 Å². The average Bonchev–Trinajstić information content (AvgIpc) is 3.21. The third kappa shape index (κ3) is 8.17. The van der Waals surface area contributed by atoms with Crippen LogP contribution >= 0.6 is 35.7 Å². The number of ether oxygens (including phenoxy) is 2. The summed E-state index contributed by atoms with van der Waals surface area (Å²) in [7, 11) is 1.83. The molecule has 0 amide bonds. The number of thioether (sulfide) groups is 1. The second kappa shape index (κ2) is 12.9. The second-order valence-corrected chi connectivity index (χ2v) is 8.29. The number of hydrogen-bond acceptors (Lipinski definition) is 4. The van der Waals surface area contributed by atoms with E-state index in [1.54, 1.807) is 0 Å². The van der Waals surface area contributed by atoms with E-state index in [2.05, 4.69) is 51.7 Å². The Balaban J connectivity index is 0.00000261. The minimum atomic E-state index is 0. The number of aliphatic imine (C=N–C) groups is 1. The molecule has 2 N–H and O–H groups in total. The van der Waals surface area contributed by atoms with Gasteiger partial charge in [0.1, 0.15) is 0 Å². The molecule has 1 unspecified atom stereocenters. The van der Waals surface area contributed by atoms with Gasteiger partial charge in [0.25, 0.3) is 0 Å². The van der Waals surface area contributed by atoms with E-state index >= 15 is 0 Å². The minimum absolute atomic E-state index is 0. The van der Waals surface area contributed by atoms with Gasteiger partial charge in [-0.1, -0.05) is 24.3 Å². The molecular weight excluding hydrogens is 473 g/mol. The van der Waals surface area contributed by atoms with Gasteiger partial charge in [-0.3, -0.25) is 4.99 Å². The number of halogens is 1. The number of nitrogens with zero attached hydrogens (tertiary/aromatic N) is 1. The molecule has 0 aromatic heterocycles. The molecule has 1 aromatic rings. The molecular formula is C20H32IN3O2S. The standard InChI is InChI=1S/C20H31N3O2S.HI/c1-21-20(23-14-19-6-3-11-26-19)22-13-16-4-2-5-17(12-16)15-25-18-7-9-24-10-8-18;/h2,4-5,12,18-19H,3,6-11,13-15H2,1H3,(H2,21,22,23);1H. The summed E-state index contributed by atoms with van der Waals surface area (Å²) in [4.78, 5) is 4.33. The first kappa shape index (κ1) is 22.8. The summed E-state index contributed by atoms with van der Waals surface area (Å²) in [5, 5.41) is 7.58. The van der Waals surface area contributed by atoms with Crippen LogP contribution in [0, 0.1) is 0 Å². The van der Waals surface area contributed by atoms with E-state index in [0.717, 1.165) is 50.4 Å². The molecule has 3 rings (SSSR count). The summed E-state index contributed by atoms with van der Waals surface area (Å²) in [6.07, 6.45) is 4.99. The van der Waals surface area contributed by atoms with Crippen LogP contribution < -0.4 is 10.6 Å². The Bertz CT molecular complexity index is 576. The van der Waals surface area contributed by atoms with Crippen LogP contribution in [0.2, 0.25) is 0 Å². The SMILES string of the molecule is CN=C(NCc1cccc(COC2CCOCC2)c1)NCC1CCCS1.I. The molecule has 5 nitrogen and oxygen atoms in total. The van der Waals surface area contributed by atoms with Gasteiger partial charge in [0.2, 0.25) is 0 Å². The van der Waals surface area contributed by atoms with Gasteiger partial charge in [0.15, 0.2) is 5.96 Å². The number of nitrogens with one attached hydrogen (secondary N) is 2. The van der Waals surface area contributed by atoms with E-state index in [9.17, 15) is 0 Å². The molecule has 152 valence electrons. The molecule has 27 heavy (non-hydrogen) atoms. The highest BCUT2D eigenvalue weighted by molar-refractivity contribution is 14.0. The summed E-state index contributed by atoms with van der Waals surface area (Å²) >= 11 is 2.06. The lowest BCUT2D eigenvalue weighted by atomic mass is 10.1. The second-order valence-electron chi connectivity index (χ2n) is 6.88. The Morgan fingerprint density at radius 2 is 2.04 bits per heavy atom. The van der Waals surface area contributed by atoms with Crippen molar-refractivity contribution in [1.82, 2.24) is 10.6 Å². The summed E-state index contributed by atoms with van der Waals surface area (Å²) in [6.45, 7) is 4.07. The molecule has 0 bridgehead atoms. The zero-order chi connectivity index (χ0) is 18.0. The van der Waals surface area contributed by atoms with Crippen LogP contribution in [0.1, 0.15) is 36.8 Å². The van der Waals surface area contributed by atoms with Crippen LogP contribution in [0.3, 0.4) is 0 Å². The fourth-order valence-corrected chi connectivity index (χ4v) is 4.51. The summed E-state index contributed by atoms with van der Waals surface area (Å²) in [6, 6.07) is 8.59. The first-order valence-electron chi connectivity index (χ1n) is 9.67. The van der Waals surface area contributed by atoms with Crippen LogP contribution in [0.15, 0.2) is 29.3 Å². The largest absolute Gasteiger partial charge is 0.381 e. The van der Waals surface area contributed by atoms with Crippen LogP contribution in [0.4, 0.5) is 0 Å². The highest BCUT2D eigenvalue weighted by Crippen LogP contribution is 2.25. The van der Waals surface area contributed by atoms with Gasteiger partial charge in [-0.05, 0) is 42.6 Å². The van der Waals surface area contributed by atoms with Crippen LogP contribution in [0.25, 0.3) is 0 Å². The van der Waals surface area contributed by atoms with Gasteiger partial charge >= 0.3 is 0 Å². The Hall–Kier alpha value is -0.510. The first-order chi connectivity index (χ1) is 12.8. The van der Waals surface area contributed by atoms with Crippen molar-refractivity contribution in [2.24, 2.45) is 4.99 Å². The molecule has 0 aliphatic carbocycles. The lowest BCUT2D eigenvalue weighted by molar-refractivity contribution is -0.0390. The highest BCUT2D eigenvalue weighted by Gasteiger charge is 2.16. The monoisotopic (exact) mass is 505 g/mol. The molecule has 0 saturated carbocycles. The number of benzene rings is 1. The predicted molar refractivity (Wildman–Crippen MR) is 124 cm³/mol. The van der Waals surface area contributed by atoms with Crippen molar-refractivity contribution in [3.05, 3.63) is 35.4 Å². The smallest absolute Gasteiger partial charge is 0.191 e. The van der Waals surface area contributed by atoms with E-state index in [1.165, 1.54) is 29.7 Å². The Labute approximate surface area is 184 Å². The molecule has 1 atom stereocenters. The van der Waals surface area contributed by atoms with Gasteiger partial charge in [-0.25, -0.2) is 0 Å². The van der Waals surface area contributed by atoms with Crippen molar-refractivity contribution in [2.45, 2.75) is 50.2 Å². The Morgan fingerprint density at radius 1 is 1.22 bits per heavy atom. The first-order valence-corrected chi connectivity index (χ1v) is 10.7. The van der Waals surface area contributed by atoms with Crippen LogP contribution in [-0.2, 0) is 22.6 Å². The third-order valence-corrected chi connectivity index (χ3v) is 6.25. The summed E-state index contributed by atoms with van der Waals surface area (Å²) in [5.41, 5.74) is 2.47. The molecule has 2 fully saturated rings. The van der Waals surface area contributed by atoms with Crippen molar-refractivity contribution in [3.8, 4) is 0 Å². The molecule has 1 aromatic carbocycles. The summed E-state index contributed by atoms with van der Waals surface area (Å²) in [5.74, 6) is 2.17. The Morgan fingerprint density at radius 3 is 2.78 bits per heavy atom. The van der Waals surface area contributed by atoms with Crippen LogP contribution in [-0.4, -0.2) is 49.9 Å². The van der Waals surface area contributed by atoms with Gasteiger partial charge < -0.3 is 20.1 Å². The van der Waals surface area contributed by atoms with Crippen molar-refractivity contribution < 1.29 is 9.47 Å². The highest BCUT2D eigenvalue weighted by atomic mass is 127. The van der Waals surface area contributed by atoms with Crippen molar-refractivity contribution in [1.29, 1.82) is 0 Å². The zero-order valence-corrected chi connectivity index (χ0v) is 19.3. The lowest BCUT2D eigenvalue weighted by Gasteiger charge is -2.22. The number of rotatable bonds is 7. The molecule has 2 aliphatic rings. The number of hydrogen-bond donors (Lipinski definition) is 2. The minimum Gasteiger partial charge on any atom is -0.381 e. The maximum absolute atomic E-state index is 6.03. The lowest BCUT2D eigenvalue weighted by Crippen LogP contribution is -2.39. The molecule has 2 aliphatic heterocycles. The maximum atomic E-state index is 6.03. The van der Waals surface area contributed by atoms with E-state index in [0.29, 0.717) is 12.7 Å². The molecule has 2 heterocycles. The third-order valence-electron chi connectivity index (χ3n) is 4.85. The van der Waals surface area contributed by atoms with Crippen molar-refractivity contribution >= 4 is 41.7 Å². The Kier molecular flexibility index (Phi) is 10.8. The van der Waals surface area contributed by atoms with E-state index in [-0.39, 0.29) is 24.0 Å². The molecule has 0 spiro atoms. The quantitative estimate of drug-likeness (QED) is 0.337. The van der Waals surface area contributed by atoms with Crippen LogP contribution in [0.5, 0.6) is 0 Å². The molecule has 0 radical (unpaired) electrons. The zero-order valence-electron chi connectivity index (χ0n) is 16.1. The van der Waals surface area contributed by atoms with Gasteiger partial charge in [-0.2, -0.15) is 11.8 Å². The summed E-state index contributed by atoms with van der Waals surface area (Å²) < 4.78 is 11.4. The number of guanidine groups is 1. The topological polar surface area (TPSA) is 54.9 Å². The van der Waals surface area contributed by atoms with Gasteiger partial charge in [0, 0.05) is 38.6 Å². The van der Waals surface area contributed by atoms with Gasteiger partial charge in [0.05, 0.1) is 12.7 Å². The van der Waals surface area contributed by atoms with Gasteiger partial charge in [-0.15, -0.1) is 24.0 Å². The fourth-order valence-electron chi connectivity index (χ4n) is 3.31.